The van der Waals surface area contributed by atoms with Gasteiger partial charge in [0.05, 0.1) is 4.92 Å². The third-order valence-electron chi connectivity index (χ3n) is 3.10. The largest absolute Gasteiger partial charge is 0.411 e. The number of nitrogens with zero attached hydrogens (tertiary/aromatic N) is 3. The summed E-state index contributed by atoms with van der Waals surface area (Å²) in [6.45, 7) is 0. The monoisotopic (exact) mass is 393 g/mol. The van der Waals surface area contributed by atoms with Gasteiger partial charge in [-0.3, -0.25) is 10.1 Å². The van der Waals surface area contributed by atoms with Crippen molar-refractivity contribution in [2.24, 2.45) is 0 Å². The molecule has 0 radical (unpaired) electrons. The van der Waals surface area contributed by atoms with Crippen LogP contribution in [0.25, 0.3) is 11.5 Å². The van der Waals surface area contributed by atoms with Gasteiger partial charge in [0.15, 0.2) is 0 Å². The first-order chi connectivity index (χ1) is 12.1. The van der Waals surface area contributed by atoms with E-state index in [1.165, 1.54) is 23.9 Å². The molecular weight excluding hydrogens is 382 g/mol. The van der Waals surface area contributed by atoms with Crippen molar-refractivity contribution in [1.29, 1.82) is 0 Å². The minimum atomic E-state index is -0.455. The van der Waals surface area contributed by atoms with Gasteiger partial charge in [-0.25, -0.2) is 0 Å². The maximum atomic E-state index is 10.8. The van der Waals surface area contributed by atoms with Crippen molar-refractivity contribution in [2.75, 3.05) is 11.5 Å². The van der Waals surface area contributed by atoms with E-state index in [1.54, 1.807) is 23.9 Å². The van der Waals surface area contributed by atoms with Crippen LogP contribution in [0.2, 0.25) is 5.02 Å². The van der Waals surface area contributed by atoms with E-state index in [-0.39, 0.29) is 11.6 Å². The quantitative estimate of drug-likeness (QED) is 0.236. The van der Waals surface area contributed by atoms with E-state index in [0.29, 0.717) is 10.8 Å². The molecule has 0 saturated carbocycles. The van der Waals surface area contributed by atoms with E-state index in [9.17, 15) is 10.1 Å². The van der Waals surface area contributed by atoms with Gasteiger partial charge in [-0.2, -0.15) is 0 Å². The predicted octanol–water partition coefficient (Wildman–Crippen LogP) is 5.18. The molecule has 3 rings (SSSR count). The van der Waals surface area contributed by atoms with Crippen LogP contribution in [0, 0.1) is 10.1 Å². The third-order valence-corrected chi connectivity index (χ3v) is 5.45. The number of benzene rings is 2. The lowest BCUT2D eigenvalue weighted by atomic mass is 10.2. The summed E-state index contributed by atoms with van der Waals surface area (Å²) in [5.41, 5.74) is 0.522. The van der Waals surface area contributed by atoms with Crippen molar-refractivity contribution in [3.8, 4) is 11.5 Å². The average Bonchev–Trinajstić information content (AvgIpc) is 3.09. The Hall–Kier alpha value is -2.03. The van der Waals surface area contributed by atoms with Gasteiger partial charge in [-0.15, -0.1) is 22.0 Å². The van der Waals surface area contributed by atoms with Crippen molar-refractivity contribution >= 4 is 40.8 Å². The molecule has 0 bridgehead atoms. The molecule has 0 atom stereocenters. The highest BCUT2D eigenvalue weighted by Gasteiger charge is 2.13. The third kappa shape index (κ3) is 4.97. The van der Waals surface area contributed by atoms with E-state index in [2.05, 4.69) is 10.2 Å². The van der Waals surface area contributed by atoms with Crippen LogP contribution in [0.5, 0.6) is 0 Å². The molecule has 0 saturated heterocycles. The number of halogens is 1. The molecule has 0 aliphatic carbocycles. The van der Waals surface area contributed by atoms with Gasteiger partial charge >= 0.3 is 0 Å². The summed E-state index contributed by atoms with van der Waals surface area (Å²) in [5, 5.41) is 19.9. The van der Waals surface area contributed by atoms with Crippen LogP contribution in [0.4, 0.5) is 5.69 Å². The first-order valence-corrected chi connectivity index (χ1v) is 9.56. The molecule has 1 heterocycles. The van der Waals surface area contributed by atoms with Crippen molar-refractivity contribution < 1.29 is 9.34 Å². The second kappa shape index (κ2) is 8.37. The van der Waals surface area contributed by atoms with Crippen LogP contribution in [0.1, 0.15) is 0 Å². The summed E-state index contributed by atoms with van der Waals surface area (Å²) in [6.07, 6.45) is 0. The fourth-order valence-electron chi connectivity index (χ4n) is 1.96. The van der Waals surface area contributed by atoms with Gasteiger partial charge in [0.2, 0.25) is 5.89 Å². The molecule has 128 valence electrons. The predicted molar refractivity (Wildman–Crippen MR) is 99.3 cm³/mol. The van der Waals surface area contributed by atoms with Crippen LogP contribution in [-0.2, 0) is 0 Å². The lowest BCUT2D eigenvalue weighted by molar-refractivity contribution is -0.384. The first kappa shape index (κ1) is 17.8. The Morgan fingerprint density at radius 1 is 1.08 bits per heavy atom. The Kier molecular flexibility index (Phi) is 5.95. The molecular formula is C16H12ClN3O3S2. The fraction of sp³-hybridized carbons (Fsp3) is 0.125. The lowest BCUT2D eigenvalue weighted by Gasteiger charge is -2.00. The number of thioether (sulfide) groups is 2. The molecule has 0 amide bonds. The number of hydrogen-bond acceptors (Lipinski definition) is 7. The molecule has 0 aliphatic rings. The van der Waals surface area contributed by atoms with Crippen molar-refractivity contribution in [3.63, 3.8) is 0 Å². The second-order valence-corrected chi connectivity index (χ2v) is 7.48. The molecule has 0 unspecified atom stereocenters. The van der Waals surface area contributed by atoms with Gasteiger partial charge < -0.3 is 4.42 Å². The molecule has 2 aromatic carbocycles. The summed E-state index contributed by atoms with van der Waals surface area (Å²) >= 11 is 9.01. The number of nitro groups is 1. The van der Waals surface area contributed by atoms with Gasteiger partial charge in [0, 0.05) is 39.1 Å². The fourth-order valence-corrected chi connectivity index (χ4v) is 3.72. The summed E-state index contributed by atoms with van der Waals surface area (Å²) in [6, 6.07) is 13.8. The van der Waals surface area contributed by atoms with E-state index in [4.69, 9.17) is 16.0 Å². The van der Waals surface area contributed by atoms with Crippen LogP contribution in [0.3, 0.4) is 0 Å². The Bertz CT molecular complexity index is 871. The smallest absolute Gasteiger partial charge is 0.276 e. The zero-order valence-corrected chi connectivity index (χ0v) is 15.2. The van der Waals surface area contributed by atoms with Crippen molar-refractivity contribution in [2.45, 2.75) is 10.1 Å². The molecule has 3 aromatic rings. The van der Waals surface area contributed by atoms with Gasteiger partial charge in [-0.05, 0) is 30.3 Å². The molecule has 0 aliphatic heterocycles. The second-order valence-electron chi connectivity index (χ2n) is 4.83. The van der Waals surface area contributed by atoms with Crippen molar-refractivity contribution in [3.05, 3.63) is 63.7 Å². The topological polar surface area (TPSA) is 82.1 Å². The molecule has 6 nitrogen and oxygen atoms in total. The summed E-state index contributed by atoms with van der Waals surface area (Å²) in [7, 11) is 0. The van der Waals surface area contributed by atoms with Crippen LogP contribution < -0.4 is 0 Å². The van der Waals surface area contributed by atoms with E-state index in [0.717, 1.165) is 21.4 Å². The van der Waals surface area contributed by atoms with Gasteiger partial charge in [0.25, 0.3) is 10.9 Å². The van der Waals surface area contributed by atoms with Crippen LogP contribution in [-0.4, -0.2) is 26.6 Å². The zero-order chi connectivity index (χ0) is 17.6. The summed E-state index contributed by atoms with van der Waals surface area (Å²) < 4.78 is 5.56. The SMILES string of the molecule is O=[N+]([O-])c1cccc(-c2nnc(SCCSc3ccc(Cl)cc3)o2)c1. The van der Waals surface area contributed by atoms with Crippen molar-refractivity contribution in [1.82, 2.24) is 10.2 Å². The minimum Gasteiger partial charge on any atom is -0.411 e. The normalized spacial score (nSPS) is 10.8. The number of rotatable bonds is 7. The maximum Gasteiger partial charge on any atom is 0.276 e. The Morgan fingerprint density at radius 3 is 2.60 bits per heavy atom. The van der Waals surface area contributed by atoms with Gasteiger partial charge in [0.1, 0.15) is 0 Å². The standard InChI is InChI=1S/C16H12ClN3O3S2/c17-12-4-6-14(7-5-12)24-8-9-25-16-19-18-15(23-16)11-2-1-3-13(10-11)20(21)22/h1-7,10H,8-9H2. The number of aromatic nitrogens is 2. The molecule has 9 heteroatoms. The van der Waals surface area contributed by atoms with E-state index < -0.39 is 4.92 Å². The minimum absolute atomic E-state index is 0.00994. The van der Waals surface area contributed by atoms with Gasteiger partial charge in [-0.1, -0.05) is 29.4 Å². The average molecular weight is 394 g/mol. The van der Waals surface area contributed by atoms with E-state index in [1.807, 2.05) is 24.3 Å². The number of nitro benzene ring substituents is 1. The lowest BCUT2D eigenvalue weighted by Crippen LogP contribution is -1.88. The zero-order valence-electron chi connectivity index (χ0n) is 12.8. The maximum absolute atomic E-state index is 10.8. The Labute approximate surface area is 157 Å². The highest BCUT2D eigenvalue weighted by atomic mass is 35.5. The number of non-ortho nitro benzene ring substituents is 1. The molecule has 1 aromatic heterocycles. The number of hydrogen-bond donors (Lipinski definition) is 0. The molecule has 0 fully saturated rings. The summed E-state index contributed by atoms with van der Waals surface area (Å²) in [4.78, 5) is 11.5. The first-order valence-electron chi connectivity index (χ1n) is 7.21. The van der Waals surface area contributed by atoms with E-state index >= 15 is 0 Å². The summed E-state index contributed by atoms with van der Waals surface area (Å²) in [5.74, 6) is 1.95. The Morgan fingerprint density at radius 2 is 1.84 bits per heavy atom. The molecule has 0 N–H and O–H groups in total. The van der Waals surface area contributed by atoms with Crippen LogP contribution >= 0.6 is 35.1 Å². The highest BCUT2D eigenvalue weighted by molar-refractivity contribution is 8.02. The molecule has 0 spiro atoms. The molecule has 25 heavy (non-hydrogen) atoms. The van der Waals surface area contributed by atoms with Crippen LogP contribution in [0.15, 0.2) is 63.1 Å². The Balaban J connectivity index is 1.54. The highest BCUT2D eigenvalue weighted by Crippen LogP contribution is 2.27.